The largest absolute Gasteiger partial charge is 0.478 e. The maximum atomic E-state index is 10.6. The lowest BCUT2D eigenvalue weighted by Gasteiger charge is -2.03. The third-order valence-corrected chi connectivity index (χ3v) is 2.97. The van der Waals surface area contributed by atoms with Crippen molar-refractivity contribution in [1.29, 1.82) is 0 Å². The first-order chi connectivity index (χ1) is 9.95. The third kappa shape index (κ3) is 7.25. The number of unbranched alkanes of at least 4 members (excludes halogenated alkanes) is 4. The number of aromatic carboxylic acids is 2. The van der Waals surface area contributed by atoms with Crippen LogP contribution in [-0.4, -0.2) is 28.4 Å². The van der Waals surface area contributed by atoms with E-state index < -0.39 is 11.9 Å². The van der Waals surface area contributed by atoms with Crippen molar-refractivity contribution >= 4 is 18.2 Å². The molecule has 1 aromatic carbocycles. The zero-order valence-corrected chi connectivity index (χ0v) is 12.5. The Labute approximate surface area is 124 Å². The summed E-state index contributed by atoms with van der Waals surface area (Å²) in [5, 5.41) is 17.4. The molecule has 2 N–H and O–H groups in total. The normalized spacial score (nSPS) is 9.43. The number of carboxylic acid groups (broad SMARTS) is 2. The Bertz CT molecular complexity index is 447. The van der Waals surface area contributed by atoms with Gasteiger partial charge in [0.1, 0.15) is 6.29 Å². The van der Waals surface area contributed by atoms with Crippen LogP contribution >= 0.6 is 0 Å². The molecular weight excluding hydrogens is 272 g/mol. The molecule has 0 aliphatic heterocycles. The van der Waals surface area contributed by atoms with Gasteiger partial charge in [0.05, 0.1) is 11.1 Å². The first-order valence-electron chi connectivity index (χ1n) is 6.95. The van der Waals surface area contributed by atoms with E-state index in [-0.39, 0.29) is 16.7 Å². The van der Waals surface area contributed by atoms with Crippen molar-refractivity contribution in [3.63, 3.8) is 0 Å². The fourth-order valence-corrected chi connectivity index (χ4v) is 1.75. The highest BCUT2D eigenvalue weighted by atomic mass is 16.4. The van der Waals surface area contributed by atoms with E-state index in [1.54, 1.807) is 0 Å². The van der Waals surface area contributed by atoms with Crippen LogP contribution in [0, 0.1) is 6.92 Å². The Morgan fingerprint density at radius 1 is 1.05 bits per heavy atom. The molecule has 0 radical (unpaired) electrons. The van der Waals surface area contributed by atoms with E-state index in [1.165, 1.54) is 44.4 Å². The summed E-state index contributed by atoms with van der Waals surface area (Å²) in [5.74, 6) is -2.22. The van der Waals surface area contributed by atoms with E-state index in [1.807, 2.05) is 0 Å². The van der Waals surface area contributed by atoms with Gasteiger partial charge in [0.2, 0.25) is 0 Å². The summed E-state index contributed by atoms with van der Waals surface area (Å²) in [7, 11) is 0. The molecule has 0 saturated heterocycles. The van der Waals surface area contributed by atoms with Crippen LogP contribution in [0.25, 0.3) is 0 Å². The van der Waals surface area contributed by atoms with Crippen molar-refractivity contribution in [3.8, 4) is 0 Å². The van der Waals surface area contributed by atoms with Gasteiger partial charge in [-0.2, -0.15) is 0 Å². The zero-order chi connectivity index (χ0) is 16.3. The van der Waals surface area contributed by atoms with E-state index >= 15 is 0 Å². The highest BCUT2D eigenvalue weighted by molar-refractivity contribution is 5.96. The van der Waals surface area contributed by atoms with Crippen molar-refractivity contribution in [2.45, 2.75) is 46.0 Å². The molecule has 0 unspecified atom stereocenters. The second-order valence-electron chi connectivity index (χ2n) is 4.60. The number of carboxylic acids is 2. The zero-order valence-electron chi connectivity index (χ0n) is 12.5. The molecule has 0 heterocycles. The smallest absolute Gasteiger partial charge is 0.335 e. The summed E-state index contributed by atoms with van der Waals surface area (Å²) >= 11 is 0. The molecule has 0 aliphatic carbocycles. The molecule has 0 amide bonds. The molecule has 0 atom stereocenters. The van der Waals surface area contributed by atoms with Crippen LogP contribution in [0.5, 0.6) is 0 Å². The Morgan fingerprint density at radius 3 is 1.95 bits per heavy atom. The second-order valence-corrected chi connectivity index (χ2v) is 4.60. The summed E-state index contributed by atoms with van der Waals surface area (Å²) in [4.78, 5) is 31.0. The fourth-order valence-electron chi connectivity index (χ4n) is 1.75. The molecular formula is C16H22O5. The molecule has 5 heteroatoms. The average Bonchev–Trinajstić information content (AvgIpc) is 2.44. The van der Waals surface area contributed by atoms with Gasteiger partial charge in [-0.3, -0.25) is 0 Å². The lowest BCUT2D eigenvalue weighted by molar-refractivity contribution is -0.107. The Balaban J connectivity index is 0.000000433. The Morgan fingerprint density at radius 2 is 1.57 bits per heavy atom. The maximum absolute atomic E-state index is 10.6. The molecule has 1 rings (SSSR count). The van der Waals surface area contributed by atoms with Gasteiger partial charge in [-0.15, -0.1) is 0 Å². The number of benzene rings is 1. The Hall–Kier alpha value is -2.17. The van der Waals surface area contributed by atoms with Gasteiger partial charge in [0, 0.05) is 6.42 Å². The molecule has 5 nitrogen and oxygen atoms in total. The van der Waals surface area contributed by atoms with Crippen molar-refractivity contribution in [3.05, 3.63) is 34.9 Å². The molecule has 0 aliphatic rings. The van der Waals surface area contributed by atoms with Crippen LogP contribution in [0.1, 0.15) is 65.3 Å². The van der Waals surface area contributed by atoms with Gasteiger partial charge < -0.3 is 15.0 Å². The molecule has 0 fully saturated rings. The van der Waals surface area contributed by atoms with Crippen LogP contribution in [0.2, 0.25) is 0 Å². The predicted molar refractivity (Wildman–Crippen MR) is 79.9 cm³/mol. The van der Waals surface area contributed by atoms with Gasteiger partial charge in [-0.1, -0.05) is 32.3 Å². The average molecular weight is 294 g/mol. The number of hydrogen-bond donors (Lipinski definition) is 2. The van der Waals surface area contributed by atoms with Crippen molar-refractivity contribution in [2.75, 3.05) is 0 Å². The number of rotatable bonds is 7. The summed E-state index contributed by atoms with van der Waals surface area (Å²) in [6, 6.07) is 4.17. The summed E-state index contributed by atoms with van der Waals surface area (Å²) in [6.45, 7) is 3.65. The third-order valence-electron chi connectivity index (χ3n) is 2.97. The van der Waals surface area contributed by atoms with E-state index in [4.69, 9.17) is 10.2 Å². The minimum Gasteiger partial charge on any atom is -0.478 e. The molecule has 0 spiro atoms. The second kappa shape index (κ2) is 10.6. The van der Waals surface area contributed by atoms with Gasteiger partial charge >= 0.3 is 11.9 Å². The highest BCUT2D eigenvalue weighted by Gasteiger charge is 2.13. The SMILES string of the molecule is CCCCCCC=O.Cc1c(C(=O)O)cccc1C(=O)O. The predicted octanol–water partition coefficient (Wildman–Crippen LogP) is 3.55. The van der Waals surface area contributed by atoms with Crippen LogP contribution < -0.4 is 0 Å². The first-order valence-corrected chi connectivity index (χ1v) is 6.95. The summed E-state index contributed by atoms with van der Waals surface area (Å²) < 4.78 is 0. The topological polar surface area (TPSA) is 91.7 Å². The summed E-state index contributed by atoms with van der Waals surface area (Å²) in [5.41, 5.74) is 0.335. The van der Waals surface area contributed by atoms with Crippen LogP contribution in [0.3, 0.4) is 0 Å². The van der Waals surface area contributed by atoms with Crippen LogP contribution in [0.4, 0.5) is 0 Å². The first kappa shape index (κ1) is 18.8. The van der Waals surface area contributed by atoms with Crippen molar-refractivity contribution < 1.29 is 24.6 Å². The van der Waals surface area contributed by atoms with Crippen molar-refractivity contribution in [1.82, 2.24) is 0 Å². The molecule has 0 bridgehead atoms. The number of carbonyl (C=O) groups is 3. The van der Waals surface area contributed by atoms with Crippen molar-refractivity contribution in [2.24, 2.45) is 0 Å². The Kier molecular flexibility index (Phi) is 9.50. The maximum Gasteiger partial charge on any atom is 0.335 e. The van der Waals surface area contributed by atoms with Crippen LogP contribution in [-0.2, 0) is 4.79 Å². The summed E-state index contributed by atoms with van der Waals surface area (Å²) in [6.07, 6.45) is 6.56. The van der Waals surface area contributed by atoms with E-state index in [0.29, 0.717) is 0 Å². The minimum absolute atomic E-state index is 0.0277. The molecule has 21 heavy (non-hydrogen) atoms. The quantitative estimate of drug-likeness (QED) is 0.592. The van der Waals surface area contributed by atoms with Crippen LogP contribution in [0.15, 0.2) is 18.2 Å². The minimum atomic E-state index is -1.11. The lowest BCUT2D eigenvalue weighted by atomic mass is 10.0. The lowest BCUT2D eigenvalue weighted by Crippen LogP contribution is -2.06. The highest BCUT2D eigenvalue weighted by Crippen LogP contribution is 2.13. The van der Waals surface area contributed by atoms with Gasteiger partial charge in [-0.25, -0.2) is 9.59 Å². The molecule has 0 aromatic heterocycles. The standard InChI is InChI=1S/C9H8O4.C7H14O/c1-5-6(8(10)11)3-2-4-7(5)9(12)13;1-2-3-4-5-6-7-8/h2-4H,1H3,(H,10,11)(H,12,13);7H,2-6H2,1H3. The van der Waals surface area contributed by atoms with E-state index in [9.17, 15) is 14.4 Å². The molecule has 0 saturated carbocycles. The number of aldehydes is 1. The monoisotopic (exact) mass is 294 g/mol. The molecule has 116 valence electrons. The number of carbonyl (C=O) groups excluding carboxylic acids is 1. The fraction of sp³-hybridized carbons (Fsp3) is 0.438. The molecule has 1 aromatic rings. The van der Waals surface area contributed by atoms with E-state index in [0.717, 1.165) is 19.1 Å². The number of hydrogen-bond acceptors (Lipinski definition) is 3. The van der Waals surface area contributed by atoms with Gasteiger partial charge in [0.25, 0.3) is 0 Å². The van der Waals surface area contributed by atoms with Gasteiger partial charge in [0.15, 0.2) is 0 Å². The van der Waals surface area contributed by atoms with Gasteiger partial charge in [-0.05, 0) is 31.0 Å². The van der Waals surface area contributed by atoms with E-state index in [2.05, 4.69) is 6.92 Å².